The Morgan fingerprint density at radius 2 is 2.11 bits per heavy atom. The van der Waals surface area contributed by atoms with E-state index in [9.17, 15) is 9.90 Å². The second-order valence-electron chi connectivity index (χ2n) is 7.23. The number of methoxy groups -OCH3 is 1. The fourth-order valence-electron chi connectivity index (χ4n) is 3.48. The van der Waals surface area contributed by atoms with Crippen LogP contribution < -0.4 is 20.6 Å². The maximum absolute atomic E-state index is 10.9. The highest BCUT2D eigenvalue weighted by molar-refractivity contribution is 7.80. The molecule has 0 bridgehead atoms. The summed E-state index contributed by atoms with van der Waals surface area (Å²) in [6.45, 7) is 6.38. The van der Waals surface area contributed by atoms with Gasteiger partial charge in [-0.1, -0.05) is 26.7 Å². The van der Waals surface area contributed by atoms with Gasteiger partial charge in [-0.05, 0) is 61.2 Å². The number of ether oxygens (including phenoxy) is 1. The van der Waals surface area contributed by atoms with Gasteiger partial charge in [-0.15, -0.1) is 0 Å². The van der Waals surface area contributed by atoms with Gasteiger partial charge in [-0.3, -0.25) is 5.43 Å². The molecule has 1 aliphatic rings. The third-order valence-electron chi connectivity index (χ3n) is 5.38. The fourth-order valence-corrected chi connectivity index (χ4v) is 3.68. The standard InChI is InChI=1S/C20H29N3O3S/c1-12-6-5-7-17(13(12)2)21-20(27)23-22-14(3)15-8-9-18(26-4)16(10-15)11-19(24)25/h8-10,12-13,17H,5-7,11H2,1-4H3,(H,24,25)(H2,21,23,27)/p-1/b22-14-/t12-,13+,17+/m0/s1. The van der Waals surface area contributed by atoms with Crippen LogP contribution in [0.25, 0.3) is 0 Å². The van der Waals surface area contributed by atoms with Crippen molar-refractivity contribution in [2.45, 2.75) is 52.5 Å². The van der Waals surface area contributed by atoms with E-state index in [0.29, 0.717) is 40.0 Å². The molecule has 1 saturated carbocycles. The lowest BCUT2D eigenvalue weighted by atomic mass is 9.78. The lowest BCUT2D eigenvalue weighted by Gasteiger charge is -2.35. The van der Waals surface area contributed by atoms with Gasteiger partial charge in [-0.25, -0.2) is 0 Å². The summed E-state index contributed by atoms with van der Waals surface area (Å²) < 4.78 is 5.20. The van der Waals surface area contributed by atoms with Crippen LogP contribution in [0.4, 0.5) is 0 Å². The van der Waals surface area contributed by atoms with E-state index in [1.807, 2.05) is 13.0 Å². The van der Waals surface area contributed by atoms with E-state index in [1.165, 1.54) is 20.0 Å². The number of nitrogens with zero attached hydrogens (tertiary/aromatic N) is 1. The number of hydrogen-bond donors (Lipinski definition) is 2. The normalized spacial score (nSPS) is 22.8. The molecule has 1 aromatic carbocycles. The minimum absolute atomic E-state index is 0.213. The minimum Gasteiger partial charge on any atom is -0.550 e. The van der Waals surface area contributed by atoms with Crippen molar-refractivity contribution in [2.75, 3.05) is 7.11 Å². The second-order valence-corrected chi connectivity index (χ2v) is 7.64. The molecular formula is C20H28N3O3S-. The number of carbonyl (C=O) groups is 1. The maximum Gasteiger partial charge on any atom is 0.187 e. The number of carbonyl (C=O) groups excluding carboxylic acids is 1. The number of thiocarbonyl (C=S) groups is 1. The second kappa shape index (κ2) is 9.69. The van der Waals surface area contributed by atoms with E-state index < -0.39 is 5.97 Å². The van der Waals surface area contributed by atoms with E-state index in [0.717, 1.165) is 12.0 Å². The molecule has 0 heterocycles. The topological polar surface area (TPSA) is 85.8 Å². The summed E-state index contributed by atoms with van der Waals surface area (Å²) in [5, 5.41) is 19.1. The van der Waals surface area contributed by atoms with Crippen LogP contribution in [0.5, 0.6) is 5.75 Å². The zero-order chi connectivity index (χ0) is 20.0. The Morgan fingerprint density at radius 1 is 1.37 bits per heavy atom. The van der Waals surface area contributed by atoms with E-state index >= 15 is 0 Å². The number of rotatable bonds is 6. The van der Waals surface area contributed by atoms with Crippen LogP contribution >= 0.6 is 12.2 Å². The number of hydrogen-bond acceptors (Lipinski definition) is 5. The van der Waals surface area contributed by atoms with Crippen molar-refractivity contribution in [1.29, 1.82) is 0 Å². The number of aliphatic carboxylic acids is 1. The number of carboxylic acids is 1. The summed E-state index contributed by atoms with van der Waals surface area (Å²) in [6.07, 6.45) is 3.38. The van der Waals surface area contributed by atoms with Gasteiger partial charge in [0.05, 0.1) is 12.8 Å². The highest BCUT2D eigenvalue weighted by Gasteiger charge is 2.27. The number of carboxylic acid groups (broad SMARTS) is 1. The lowest BCUT2D eigenvalue weighted by Crippen LogP contribution is -2.46. The Bertz CT molecular complexity index is 720. The molecule has 1 aliphatic carbocycles. The molecule has 2 rings (SSSR count). The molecule has 148 valence electrons. The number of hydrazone groups is 1. The number of benzene rings is 1. The Balaban J connectivity index is 2.02. The fraction of sp³-hybridized carbons (Fsp3) is 0.550. The van der Waals surface area contributed by atoms with Crippen LogP contribution in [0.3, 0.4) is 0 Å². The number of nitrogens with one attached hydrogen (secondary N) is 2. The Morgan fingerprint density at radius 3 is 2.78 bits per heavy atom. The Kier molecular flexibility index (Phi) is 7.59. The summed E-state index contributed by atoms with van der Waals surface area (Å²) >= 11 is 5.38. The van der Waals surface area contributed by atoms with Crippen LogP contribution in [0.2, 0.25) is 0 Å². The van der Waals surface area contributed by atoms with Crippen molar-refractivity contribution in [1.82, 2.24) is 10.7 Å². The highest BCUT2D eigenvalue weighted by atomic mass is 32.1. The van der Waals surface area contributed by atoms with Gasteiger partial charge in [0.25, 0.3) is 0 Å². The zero-order valence-corrected chi connectivity index (χ0v) is 17.2. The minimum atomic E-state index is -1.15. The van der Waals surface area contributed by atoms with E-state index in [2.05, 4.69) is 29.7 Å². The van der Waals surface area contributed by atoms with Crippen molar-refractivity contribution in [3.63, 3.8) is 0 Å². The molecule has 0 aromatic heterocycles. The van der Waals surface area contributed by atoms with E-state index in [1.54, 1.807) is 12.1 Å². The van der Waals surface area contributed by atoms with Gasteiger partial charge in [0.2, 0.25) is 0 Å². The quantitative estimate of drug-likeness (QED) is 0.439. The molecule has 0 saturated heterocycles. The van der Waals surface area contributed by atoms with Crippen LogP contribution in [0.1, 0.15) is 51.2 Å². The molecule has 3 atom stereocenters. The average Bonchev–Trinajstić information content (AvgIpc) is 2.63. The predicted octanol–water partition coefficient (Wildman–Crippen LogP) is 2.00. The monoisotopic (exact) mass is 390 g/mol. The van der Waals surface area contributed by atoms with Gasteiger partial charge in [0, 0.05) is 24.0 Å². The molecular weight excluding hydrogens is 362 g/mol. The highest BCUT2D eigenvalue weighted by Crippen LogP contribution is 2.29. The summed E-state index contributed by atoms with van der Waals surface area (Å²) in [6, 6.07) is 5.67. The van der Waals surface area contributed by atoms with Gasteiger partial charge in [0.15, 0.2) is 5.11 Å². The lowest BCUT2D eigenvalue weighted by molar-refractivity contribution is -0.304. The van der Waals surface area contributed by atoms with E-state index in [4.69, 9.17) is 17.0 Å². The van der Waals surface area contributed by atoms with Crippen molar-refractivity contribution in [2.24, 2.45) is 16.9 Å². The predicted molar refractivity (Wildman–Crippen MR) is 109 cm³/mol. The molecule has 0 aliphatic heterocycles. The summed E-state index contributed by atoms with van der Waals surface area (Å²) in [5.74, 6) is 0.615. The van der Waals surface area contributed by atoms with Crippen molar-refractivity contribution < 1.29 is 14.6 Å². The first-order chi connectivity index (χ1) is 12.8. The smallest absolute Gasteiger partial charge is 0.187 e. The third kappa shape index (κ3) is 5.92. The van der Waals surface area contributed by atoms with Crippen molar-refractivity contribution >= 4 is 29.0 Å². The summed E-state index contributed by atoms with van der Waals surface area (Å²) in [4.78, 5) is 10.9. The van der Waals surface area contributed by atoms with Crippen LogP contribution in [-0.2, 0) is 11.2 Å². The molecule has 2 N–H and O–H groups in total. The SMILES string of the molecule is COc1ccc(/C(C)=N\NC(=S)N[C@@H]2CCC[C@H](C)[C@H]2C)cc1CC(=O)[O-]. The third-order valence-corrected chi connectivity index (χ3v) is 5.59. The van der Waals surface area contributed by atoms with Gasteiger partial charge < -0.3 is 20.0 Å². The Labute approximate surface area is 166 Å². The van der Waals surface area contributed by atoms with Crippen LogP contribution in [0.15, 0.2) is 23.3 Å². The molecule has 0 amide bonds. The molecule has 27 heavy (non-hydrogen) atoms. The molecule has 0 radical (unpaired) electrons. The molecule has 6 nitrogen and oxygen atoms in total. The van der Waals surface area contributed by atoms with Gasteiger partial charge >= 0.3 is 0 Å². The summed E-state index contributed by atoms with van der Waals surface area (Å²) in [7, 11) is 1.51. The van der Waals surface area contributed by atoms with Gasteiger partial charge in [0.1, 0.15) is 5.75 Å². The van der Waals surface area contributed by atoms with Gasteiger partial charge in [-0.2, -0.15) is 5.10 Å². The first-order valence-electron chi connectivity index (χ1n) is 9.29. The Hall–Kier alpha value is -2.15. The maximum atomic E-state index is 10.9. The van der Waals surface area contributed by atoms with Crippen molar-refractivity contribution in [3.8, 4) is 5.75 Å². The first-order valence-corrected chi connectivity index (χ1v) is 9.70. The molecule has 1 fully saturated rings. The van der Waals surface area contributed by atoms with Crippen molar-refractivity contribution in [3.05, 3.63) is 29.3 Å². The summed E-state index contributed by atoms with van der Waals surface area (Å²) in [5.41, 5.74) is 4.95. The molecule has 7 heteroatoms. The van der Waals surface area contributed by atoms with Crippen LogP contribution in [0, 0.1) is 11.8 Å². The largest absolute Gasteiger partial charge is 0.550 e. The first kappa shape index (κ1) is 21.2. The average molecular weight is 391 g/mol. The van der Waals surface area contributed by atoms with E-state index in [-0.39, 0.29) is 6.42 Å². The zero-order valence-electron chi connectivity index (χ0n) is 16.4. The van der Waals surface area contributed by atoms with Crippen LogP contribution in [-0.4, -0.2) is 29.9 Å². The molecule has 1 aromatic rings. The molecule has 0 spiro atoms. The molecule has 0 unspecified atom stereocenters.